The highest BCUT2D eigenvalue weighted by atomic mass is 16.5. The van der Waals surface area contributed by atoms with E-state index in [1.54, 1.807) is 6.07 Å². The average molecular weight is 453 g/mol. The number of aromatic nitrogens is 2. The number of aromatic amines is 1. The number of ether oxygens (including phenoxy) is 1. The number of hydrogen-bond donors (Lipinski definition) is 3. The van der Waals surface area contributed by atoms with Crippen LogP contribution in [0.15, 0.2) is 41.2 Å². The van der Waals surface area contributed by atoms with Crippen molar-refractivity contribution in [1.29, 1.82) is 0 Å². The molecule has 1 aromatic heterocycles. The van der Waals surface area contributed by atoms with Gasteiger partial charge in [0.25, 0.3) is 5.56 Å². The fourth-order valence-corrected chi connectivity index (χ4v) is 4.24. The van der Waals surface area contributed by atoms with E-state index in [1.165, 1.54) is 19.4 Å². The summed E-state index contributed by atoms with van der Waals surface area (Å²) in [6.45, 7) is 10.6. The zero-order valence-electron chi connectivity index (χ0n) is 19.4. The minimum absolute atomic E-state index is 0.194. The third-order valence-electron chi connectivity index (χ3n) is 5.91. The number of fused-ring (bicyclic) bond motifs is 2. The summed E-state index contributed by atoms with van der Waals surface area (Å²) in [6, 6.07) is 12.1. The van der Waals surface area contributed by atoms with Gasteiger partial charge in [0.2, 0.25) is 0 Å². The molecule has 3 heterocycles. The largest absolute Gasteiger partial charge is 0.456 e. The second-order valence-electron chi connectivity index (χ2n) is 7.74. The van der Waals surface area contributed by atoms with Crippen molar-refractivity contribution < 1.29 is 14.3 Å². The van der Waals surface area contributed by atoms with Crippen LogP contribution in [0, 0.1) is 12.8 Å². The number of nitrogens with zero attached hydrogens (tertiary/aromatic N) is 1. The van der Waals surface area contributed by atoms with Gasteiger partial charge in [-0.25, -0.2) is 5.10 Å². The summed E-state index contributed by atoms with van der Waals surface area (Å²) in [7, 11) is 2.06. The molecule has 1 saturated heterocycles. The average Bonchev–Trinajstić information content (AvgIpc) is 2.88. The van der Waals surface area contributed by atoms with Crippen LogP contribution in [0.25, 0.3) is 22.0 Å². The van der Waals surface area contributed by atoms with Crippen LogP contribution in [0.5, 0.6) is 11.5 Å². The van der Waals surface area contributed by atoms with Crippen LogP contribution >= 0.6 is 0 Å². The first kappa shape index (κ1) is 25.9. The van der Waals surface area contributed by atoms with Gasteiger partial charge in [0, 0.05) is 18.2 Å². The van der Waals surface area contributed by atoms with E-state index in [0.29, 0.717) is 17.2 Å². The summed E-state index contributed by atoms with van der Waals surface area (Å²) >= 11 is 0. The molecule has 8 heteroatoms. The molecule has 3 N–H and O–H groups in total. The van der Waals surface area contributed by atoms with Gasteiger partial charge < -0.3 is 25.0 Å². The highest BCUT2D eigenvalue weighted by Crippen LogP contribution is 2.44. The fourth-order valence-electron chi connectivity index (χ4n) is 4.24. The second kappa shape index (κ2) is 12.6. The molecule has 0 amide bonds. The SMILES string of the molecule is C=O.C=O.CCC1CCNCC1NC.Cc1ccc2c(c1)-c1n[nH]c(=O)c3cccc(c13)O2. The lowest BCUT2D eigenvalue weighted by Gasteiger charge is -2.31. The quantitative estimate of drug-likeness (QED) is 0.428. The molecule has 0 spiro atoms. The number of hydrogen-bond acceptors (Lipinski definition) is 7. The molecule has 0 radical (unpaired) electrons. The molecule has 8 nitrogen and oxygen atoms in total. The third-order valence-corrected chi connectivity index (χ3v) is 5.91. The lowest BCUT2D eigenvalue weighted by Crippen LogP contribution is -2.47. The Bertz CT molecular complexity index is 1100. The van der Waals surface area contributed by atoms with Crippen LogP contribution in [0.4, 0.5) is 0 Å². The normalized spacial score (nSPS) is 17.5. The number of carbonyl (C=O) groups is 2. The molecular formula is C25H32N4O4. The van der Waals surface area contributed by atoms with Gasteiger partial charge in [0.05, 0.1) is 10.8 Å². The molecule has 176 valence electrons. The van der Waals surface area contributed by atoms with Crippen molar-refractivity contribution in [2.45, 2.75) is 32.7 Å². The van der Waals surface area contributed by atoms with Crippen LogP contribution in [0.2, 0.25) is 0 Å². The van der Waals surface area contributed by atoms with Crippen molar-refractivity contribution in [2.24, 2.45) is 5.92 Å². The predicted octanol–water partition coefficient (Wildman–Crippen LogP) is 3.23. The van der Waals surface area contributed by atoms with Gasteiger partial charge in [-0.2, -0.15) is 5.10 Å². The van der Waals surface area contributed by atoms with Crippen LogP contribution in [-0.2, 0) is 9.59 Å². The number of aryl methyl sites for hydroxylation is 1. The molecule has 33 heavy (non-hydrogen) atoms. The van der Waals surface area contributed by atoms with E-state index >= 15 is 0 Å². The maximum atomic E-state index is 11.8. The Balaban J connectivity index is 0.000000235. The van der Waals surface area contributed by atoms with Crippen LogP contribution in [0.1, 0.15) is 25.3 Å². The first-order valence-electron chi connectivity index (χ1n) is 10.9. The van der Waals surface area contributed by atoms with E-state index in [0.717, 1.165) is 40.4 Å². The topological polar surface area (TPSA) is 113 Å². The Kier molecular flexibility index (Phi) is 9.90. The van der Waals surface area contributed by atoms with E-state index in [-0.39, 0.29) is 5.56 Å². The Morgan fingerprint density at radius 3 is 2.58 bits per heavy atom. The van der Waals surface area contributed by atoms with Crippen LogP contribution < -0.4 is 20.9 Å². The number of piperidine rings is 1. The van der Waals surface area contributed by atoms with E-state index in [2.05, 4.69) is 34.8 Å². The number of rotatable bonds is 2. The number of H-pyrrole nitrogens is 1. The Morgan fingerprint density at radius 1 is 1.15 bits per heavy atom. The van der Waals surface area contributed by atoms with E-state index < -0.39 is 0 Å². The van der Waals surface area contributed by atoms with E-state index in [9.17, 15) is 4.79 Å². The summed E-state index contributed by atoms with van der Waals surface area (Å²) in [4.78, 5) is 27.8. The fraction of sp³-hybridized carbons (Fsp3) is 0.360. The first-order chi connectivity index (χ1) is 16.1. The lowest BCUT2D eigenvalue weighted by atomic mass is 9.91. The molecule has 0 bridgehead atoms. The summed E-state index contributed by atoms with van der Waals surface area (Å²) < 4.78 is 5.87. The summed E-state index contributed by atoms with van der Waals surface area (Å²) in [6.07, 6.45) is 2.65. The van der Waals surface area contributed by atoms with Gasteiger partial charge in [0.1, 0.15) is 30.8 Å². The number of nitrogens with one attached hydrogen (secondary N) is 3. The monoisotopic (exact) mass is 452 g/mol. The lowest BCUT2D eigenvalue weighted by molar-refractivity contribution is -0.0987. The number of benzene rings is 2. The zero-order valence-corrected chi connectivity index (χ0v) is 19.4. The molecule has 0 aliphatic carbocycles. The number of carbonyl (C=O) groups excluding carboxylic acids is 2. The minimum Gasteiger partial charge on any atom is -0.456 e. The second-order valence-corrected chi connectivity index (χ2v) is 7.74. The molecule has 2 atom stereocenters. The zero-order chi connectivity index (χ0) is 24.4. The first-order valence-corrected chi connectivity index (χ1v) is 10.9. The highest BCUT2D eigenvalue weighted by molar-refractivity contribution is 6.01. The molecule has 0 saturated carbocycles. The number of likely N-dealkylation sites (N-methyl/N-ethyl adjacent to an activating group) is 1. The van der Waals surface area contributed by atoms with Crippen LogP contribution in [0.3, 0.4) is 0 Å². The molecule has 2 unspecified atom stereocenters. The van der Waals surface area contributed by atoms with Gasteiger partial charge in [0.15, 0.2) is 0 Å². The van der Waals surface area contributed by atoms with E-state index in [1.807, 2.05) is 50.8 Å². The molecular weight excluding hydrogens is 420 g/mol. The van der Waals surface area contributed by atoms with Crippen molar-refractivity contribution in [3.8, 4) is 22.8 Å². The maximum absolute atomic E-state index is 11.8. The van der Waals surface area contributed by atoms with Gasteiger partial charge in [-0.05, 0) is 57.1 Å². The predicted molar refractivity (Wildman–Crippen MR) is 131 cm³/mol. The van der Waals surface area contributed by atoms with Crippen molar-refractivity contribution >= 4 is 24.4 Å². The van der Waals surface area contributed by atoms with Gasteiger partial charge >= 0.3 is 0 Å². The standard InChI is InChI=1S/C15H10N2O2.C8H18N2.2CH2O/c1-8-5-6-11-10(7-8)14-13-9(15(18)17-16-14)3-2-4-12(13)19-11;1-3-7-4-5-10-6-8(7)9-2;2*1-2/h2-7H,1H3,(H,17,18);7-10H,3-6H2,1-2H3;2*1H2. The summed E-state index contributed by atoms with van der Waals surface area (Å²) in [5, 5.41) is 14.9. The molecule has 5 rings (SSSR count). The summed E-state index contributed by atoms with van der Waals surface area (Å²) in [5.41, 5.74) is 2.62. The molecule has 2 aromatic carbocycles. The Morgan fingerprint density at radius 2 is 1.91 bits per heavy atom. The minimum atomic E-state index is -0.194. The molecule has 2 aliphatic rings. The van der Waals surface area contributed by atoms with Crippen molar-refractivity contribution in [3.63, 3.8) is 0 Å². The molecule has 3 aromatic rings. The highest BCUT2D eigenvalue weighted by Gasteiger charge is 2.22. The van der Waals surface area contributed by atoms with Gasteiger partial charge in [-0.1, -0.05) is 31.0 Å². The molecule has 2 aliphatic heterocycles. The maximum Gasteiger partial charge on any atom is 0.272 e. The molecule has 1 fully saturated rings. The van der Waals surface area contributed by atoms with Gasteiger partial charge in [-0.15, -0.1) is 0 Å². The Hall–Kier alpha value is -3.36. The van der Waals surface area contributed by atoms with Crippen molar-refractivity contribution in [3.05, 3.63) is 52.3 Å². The van der Waals surface area contributed by atoms with Crippen molar-refractivity contribution in [1.82, 2.24) is 20.8 Å². The van der Waals surface area contributed by atoms with Gasteiger partial charge in [-0.3, -0.25) is 4.79 Å². The smallest absolute Gasteiger partial charge is 0.272 e. The Labute approximate surface area is 193 Å². The van der Waals surface area contributed by atoms with E-state index in [4.69, 9.17) is 14.3 Å². The summed E-state index contributed by atoms with van der Waals surface area (Å²) in [5.74, 6) is 2.35. The van der Waals surface area contributed by atoms with Crippen LogP contribution in [-0.4, -0.2) is 50.0 Å². The third kappa shape index (κ3) is 5.71. The van der Waals surface area contributed by atoms with Crippen molar-refractivity contribution in [2.75, 3.05) is 20.1 Å².